The van der Waals surface area contributed by atoms with Crippen LogP contribution >= 0.6 is 0 Å². The number of aromatic nitrogens is 2. The smallest absolute Gasteiger partial charge is 0.251 e. The van der Waals surface area contributed by atoms with Crippen LogP contribution in [0, 0.1) is 26.7 Å². The molecule has 1 aromatic heterocycles. The first-order valence-electron chi connectivity index (χ1n) is 8.37. The minimum atomic E-state index is -0.142. The molecule has 0 bridgehead atoms. The summed E-state index contributed by atoms with van der Waals surface area (Å²) in [4.78, 5) is 12.5. The third kappa shape index (κ3) is 4.53. The quantitative estimate of drug-likeness (QED) is 0.838. The molecule has 0 unspecified atom stereocenters. The highest BCUT2D eigenvalue weighted by Crippen LogP contribution is 2.29. The fraction of sp³-hybridized carbons (Fsp3) is 0.474. The molecule has 0 saturated heterocycles. The third-order valence-corrected chi connectivity index (χ3v) is 4.21. The normalized spacial score (nSPS) is 11.9. The van der Waals surface area contributed by atoms with E-state index in [0.717, 1.165) is 23.5 Å². The Morgan fingerprint density at radius 3 is 2.24 bits per heavy atom. The first-order valence-corrected chi connectivity index (χ1v) is 8.37. The van der Waals surface area contributed by atoms with Crippen LogP contribution in [0.4, 0.5) is 0 Å². The Balaban J connectivity index is 2.01. The van der Waals surface area contributed by atoms with E-state index < -0.39 is 0 Å². The molecular formula is C19H27N3O3. The maximum atomic E-state index is 12.5. The SMILES string of the molecule is COc1cc(C(=O)NC[C@H](C)Cn2nc(C)cc2C)cc(OC)c1C. The molecule has 0 saturated carbocycles. The number of carbonyl (C=O) groups excluding carboxylic acids is 1. The lowest BCUT2D eigenvalue weighted by Crippen LogP contribution is -2.30. The van der Waals surface area contributed by atoms with Gasteiger partial charge in [0.05, 0.1) is 19.9 Å². The molecule has 0 spiro atoms. The monoisotopic (exact) mass is 345 g/mol. The molecule has 1 heterocycles. The van der Waals surface area contributed by atoms with Crippen LogP contribution in [-0.2, 0) is 6.54 Å². The van der Waals surface area contributed by atoms with Crippen LogP contribution in [0.2, 0.25) is 0 Å². The van der Waals surface area contributed by atoms with Gasteiger partial charge in [-0.05, 0) is 44.9 Å². The van der Waals surface area contributed by atoms with Crippen LogP contribution in [0.1, 0.15) is 34.2 Å². The molecule has 2 aromatic rings. The van der Waals surface area contributed by atoms with Crippen molar-refractivity contribution in [2.24, 2.45) is 5.92 Å². The van der Waals surface area contributed by atoms with E-state index in [1.165, 1.54) is 0 Å². The highest BCUT2D eigenvalue weighted by molar-refractivity contribution is 5.95. The molecule has 0 fully saturated rings. The fourth-order valence-electron chi connectivity index (χ4n) is 2.81. The lowest BCUT2D eigenvalue weighted by atomic mass is 10.1. The summed E-state index contributed by atoms with van der Waals surface area (Å²) >= 11 is 0. The summed E-state index contributed by atoms with van der Waals surface area (Å²) in [6.07, 6.45) is 0. The highest BCUT2D eigenvalue weighted by atomic mass is 16.5. The second-order valence-corrected chi connectivity index (χ2v) is 6.43. The van der Waals surface area contributed by atoms with Crippen LogP contribution in [0.3, 0.4) is 0 Å². The van der Waals surface area contributed by atoms with Gasteiger partial charge in [-0.3, -0.25) is 9.48 Å². The first kappa shape index (κ1) is 18.8. The first-order chi connectivity index (χ1) is 11.8. The molecule has 6 heteroatoms. The van der Waals surface area contributed by atoms with E-state index >= 15 is 0 Å². The van der Waals surface area contributed by atoms with Gasteiger partial charge in [-0.1, -0.05) is 6.92 Å². The number of nitrogens with zero attached hydrogens (tertiary/aromatic N) is 2. The number of ether oxygens (including phenoxy) is 2. The second kappa shape index (κ2) is 8.05. The maximum Gasteiger partial charge on any atom is 0.251 e. The van der Waals surface area contributed by atoms with Crippen molar-refractivity contribution in [3.63, 3.8) is 0 Å². The Morgan fingerprint density at radius 1 is 1.16 bits per heavy atom. The number of methoxy groups -OCH3 is 2. The zero-order valence-electron chi connectivity index (χ0n) is 15.8. The van der Waals surface area contributed by atoms with Gasteiger partial charge in [0.25, 0.3) is 5.91 Å². The van der Waals surface area contributed by atoms with Crippen molar-refractivity contribution >= 4 is 5.91 Å². The molecule has 1 amide bonds. The number of aryl methyl sites for hydroxylation is 2. The van der Waals surface area contributed by atoms with Crippen molar-refractivity contribution in [1.29, 1.82) is 0 Å². The van der Waals surface area contributed by atoms with Crippen LogP contribution < -0.4 is 14.8 Å². The summed E-state index contributed by atoms with van der Waals surface area (Å²) in [7, 11) is 3.17. The molecule has 25 heavy (non-hydrogen) atoms. The van der Waals surface area contributed by atoms with E-state index in [0.29, 0.717) is 23.6 Å². The van der Waals surface area contributed by atoms with Crippen molar-refractivity contribution in [3.05, 3.63) is 40.7 Å². The number of carbonyl (C=O) groups is 1. The van der Waals surface area contributed by atoms with Crippen molar-refractivity contribution in [1.82, 2.24) is 15.1 Å². The van der Waals surface area contributed by atoms with Crippen LogP contribution in [-0.4, -0.2) is 36.5 Å². The number of hydrogen-bond donors (Lipinski definition) is 1. The lowest BCUT2D eigenvalue weighted by Gasteiger charge is -2.15. The summed E-state index contributed by atoms with van der Waals surface area (Å²) in [6, 6.07) is 5.52. The van der Waals surface area contributed by atoms with E-state index in [-0.39, 0.29) is 11.8 Å². The fourth-order valence-corrected chi connectivity index (χ4v) is 2.81. The van der Waals surface area contributed by atoms with Crippen LogP contribution in [0.25, 0.3) is 0 Å². The van der Waals surface area contributed by atoms with Crippen molar-refractivity contribution in [2.75, 3.05) is 20.8 Å². The van der Waals surface area contributed by atoms with E-state index in [1.54, 1.807) is 26.4 Å². The summed E-state index contributed by atoms with van der Waals surface area (Å²) in [5.41, 5.74) is 3.54. The molecule has 1 N–H and O–H groups in total. The zero-order chi connectivity index (χ0) is 18.6. The van der Waals surface area contributed by atoms with Crippen molar-refractivity contribution in [3.8, 4) is 11.5 Å². The molecular weight excluding hydrogens is 318 g/mol. The minimum absolute atomic E-state index is 0.142. The summed E-state index contributed by atoms with van der Waals surface area (Å²) in [5.74, 6) is 1.40. The molecule has 0 aliphatic carbocycles. The van der Waals surface area contributed by atoms with Crippen molar-refractivity contribution < 1.29 is 14.3 Å². The molecule has 1 aromatic carbocycles. The summed E-state index contributed by atoms with van der Waals surface area (Å²) in [5, 5.41) is 7.44. The van der Waals surface area contributed by atoms with Gasteiger partial charge in [0.15, 0.2) is 0 Å². The molecule has 0 aliphatic rings. The van der Waals surface area contributed by atoms with Crippen LogP contribution in [0.5, 0.6) is 11.5 Å². The molecule has 6 nitrogen and oxygen atoms in total. The average molecular weight is 345 g/mol. The van der Waals surface area contributed by atoms with Crippen molar-refractivity contribution in [2.45, 2.75) is 34.2 Å². The molecule has 136 valence electrons. The molecule has 2 rings (SSSR count). The Hall–Kier alpha value is -2.50. The predicted octanol–water partition coefficient (Wildman–Crippen LogP) is 2.89. The standard InChI is InChI=1S/C19H27N3O3/c1-12(11-22-14(3)7-13(2)21-22)10-20-19(23)16-8-17(24-5)15(4)18(9-16)25-6/h7-9,12H,10-11H2,1-6H3,(H,20,23)/t12-/m0/s1. The number of hydrogen-bond acceptors (Lipinski definition) is 4. The van der Waals surface area contributed by atoms with Gasteiger partial charge >= 0.3 is 0 Å². The topological polar surface area (TPSA) is 65.4 Å². The Morgan fingerprint density at radius 2 is 1.76 bits per heavy atom. The van der Waals surface area contributed by atoms with E-state index in [4.69, 9.17) is 9.47 Å². The molecule has 0 radical (unpaired) electrons. The predicted molar refractivity (Wildman–Crippen MR) is 97.5 cm³/mol. The number of amides is 1. The van der Waals surface area contributed by atoms with E-state index in [2.05, 4.69) is 23.4 Å². The summed E-state index contributed by atoms with van der Waals surface area (Å²) in [6.45, 7) is 9.34. The Kier molecular flexibility index (Phi) is 6.07. The minimum Gasteiger partial charge on any atom is -0.496 e. The van der Waals surface area contributed by atoms with Crippen LogP contribution in [0.15, 0.2) is 18.2 Å². The summed E-state index contributed by atoms with van der Waals surface area (Å²) < 4.78 is 12.6. The van der Waals surface area contributed by atoms with Gasteiger partial charge in [-0.25, -0.2) is 0 Å². The highest BCUT2D eigenvalue weighted by Gasteiger charge is 2.15. The Labute approximate surface area is 149 Å². The van der Waals surface area contributed by atoms with Gasteiger partial charge in [-0.2, -0.15) is 5.10 Å². The number of rotatable bonds is 7. The Bertz CT molecular complexity index is 727. The largest absolute Gasteiger partial charge is 0.496 e. The molecule has 0 aliphatic heterocycles. The van der Waals surface area contributed by atoms with Gasteiger partial charge in [0, 0.05) is 29.9 Å². The van der Waals surface area contributed by atoms with Gasteiger partial charge in [-0.15, -0.1) is 0 Å². The van der Waals surface area contributed by atoms with Gasteiger partial charge in [0.2, 0.25) is 0 Å². The molecule has 1 atom stereocenters. The second-order valence-electron chi connectivity index (χ2n) is 6.43. The number of benzene rings is 1. The van der Waals surface area contributed by atoms with E-state index in [1.807, 2.05) is 25.5 Å². The third-order valence-electron chi connectivity index (χ3n) is 4.21. The zero-order valence-corrected chi connectivity index (χ0v) is 15.8. The van der Waals surface area contributed by atoms with Gasteiger partial charge in [0.1, 0.15) is 11.5 Å². The average Bonchev–Trinajstić information content (AvgIpc) is 2.90. The lowest BCUT2D eigenvalue weighted by molar-refractivity contribution is 0.0945. The maximum absolute atomic E-state index is 12.5. The van der Waals surface area contributed by atoms with E-state index in [9.17, 15) is 4.79 Å². The van der Waals surface area contributed by atoms with Gasteiger partial charge < -0.3 is 14.8 Å². The number of nitrogens with one attached hydrogen (secondary N) is 1.